The minimum Gasteiger partial charge on any atom is -0.358 e. The Hall–Kier alpha value is -1.77. The van der Waals surface area contributed by atoms with Crippen LogP contribution >= 0.6 is 0 Å². The second-order valence-corrected chi connectivity index (χ2v) is 5.65. The van der Waals surface area contributed by atoms with Crippen molar-refractivity contribution in [1.29, 1.82) is 0 Å². The molecule has 3 nitrogen and oxygen atoms in total. The van der Waals surface area contributed by atoms with Crippen molar-refractivity contribution >= 4 is 16.8 Å². The molecule has 0 bridgehead atoms. The summed E-state index contributed by atoms with van der Waals surface area (Å²) in [5.74, 6) is 0.0220. The Morgan fingerprint density at radius 2 is 2.10 bits per heavy atom. The lowest BCUT2D eigenvalue weighted by Gasteiger charge is -2.13. The van der Waals surface area contributed by atoms with E-state index in [1.807, 2.05) is 18.2 Å². The topological polar surface area (TPSA) is 44.9 Å². The van der Waals surface area contributed by atoms with Gasteiger partial charge >= 0.3 is 0 Å². The number of benzene rings is 1. The van der Waals surface area contributed by atoms with Crippen molar-refractivity contribution in [2.75, 3.05) is 0 Å². The highest BCUT2D eigenvalue weighted by atomic mass is 16.1. The molecule has 2 aromatic rings. The van der Waals surface area contributed by atoms with Gasteiger partial charge in [0.25, 0.3) is 5.91 Å². The number of fused-ring (bicyclic) bond motifs is 1. The Labute approximate surface area is 120 Å². The van der Waals surface area contributed by atoms with E-state index in [-0.39, 0.29) is 11.9 Å². The van der Waals surface area contributed by atoms with E-state index >= 15 is 0 Å². The average molecular weight is 272 g/mol. The molecule has 1 aromatic heterocycles. The maximum atomic E-state index is 12.3. The van der Waals surface area contributed by atoms with E-state index in [9.17, 15) is 4.79 Å². The molecule has 0 radical (unpaired) electrons. The summed E-state index contributed by atoms with van der Waals surface area (Å²) in [5.41, 5.74) is 4.21. The monoisotopic (exact) mass is 272 g/mol. The zero-order valence-electron chi connectivity index (χ0n) is 12.8. The highest BCUT2D eigenvalue weighted by Crippen LogP contribution is 2.22. The van der Waals surface area contributed by atoms with E-state index in [0.29, 0.717) is 0 Å². The van der Waals surface area contributed by atoms with Gasteiger partial charge in [0.1, 0.15) is 0 Å². The summed E-state index contributed by atoms with van der Waals surface area (Å²) in [6, 6.07) is 6.09. The number of hydrogen-bond acceptors (Lipinski definition) is 1. The van der Waals surface area contributed by atoms with Crippen LogP contribution in [0.2, 0.25) is 0 Å². The van der Waals surface area contributed by atoms with Gasteiger partial charge in [-0.3, -0.25) is 4.79 Å². The van der Waals surface area contributed by atoms with Crippen LogP contribution in [0.25, 0.3) is 10.9 Å². The molecular weight excluding hydrogens is 248 g/mol. The molecule has 0 aliphatic carbocycles. The number of amides is 1. The summed E-state index contributed by atoms with van der Waals surface area (Å²) < 4.78 is 0. The number of aromatic nitrogens is 1. The summed E-state index contributed by atoms with van der Waals surface area (Å²) in [5, 5.41) is 4.21. The summed E-state index contributed by atoms with van der Waals surface area (Å²) in [7, 11) is 0. The SMILES string of the molecule is CCCCC(C)NC(=O)c1ccc2[nH]c(C)c(C)c2c1. The van der Waals surface area contributed by atoms with Gasteiger partial charge in [0.05, 0.1) is 0 Å². The smallest absolute Gasteiger partial charge is 0.251 e. The Balaban J connectivity index is 2.16. The number of H-pyrrole nitrogens is 1. The van der Waals surface area contributed by atoms with Gasteiger partial charge in [-0.1, -0.05) is 19.8 Å². The number of aromatic amines is 1. The van der Waals surface area contributed by atoms with E-state index in [0.717, 1.165) is 41.4 Å². The minimum atomic E-state index is 0.0220. The van der Waals surface area contributed by atoms with Crippen molar-refractivity contribution in [2.45, 2.75) is 53.0 Å². The number of rotatable bonds is 5. The summed E-state index contributed by atoms with van der Waals surface area (Å²) in [4.78, 5) is 15.6. The number of nitrogens with one attached hydrogen (secondary N) is 2. The Morgan fingerprint density at radius 1 is 1.35 bits per heavy atom. The third-order valence-corrected chi connectivity index (χ3v) is 3.94. The molecule has 0 aliphatic heterocycles. The first-order chi connectivity index (χ1) is 9.52. The number of carbonyl (C=O) groups excluding carboxylic acids is 1. The number of hydrogen-bond donors (Lipinski definition) is 2. The van der Waals surface area contributed by atoms with Crippen LogP contribution < -0.4 is 5.32 Å². The van der Waals surface area contributed by atoms with Gasteiger partial charge in [0, 0.05) is 28.2 Å². The van der Waals surface area contributed by atoms with Gasteiger partial charge in [-0.15, -0.1) is 0 Å². The Morgan fingerprint density at radius 3 is 2.80 bits per heavy atom. The highest BCUT2D eigenvalue weighted by molar-refractivity contribution is 5.99. The van der Waals surface area contributed by atoms with Crippen LogP contribution in [0.5, 0.6) is 0 Å². The first-order valence-electron chi connectivity index (χ1n) is 7.42. The third kappa shape index (κ3) is 3.03. The highest BCUT2D eigenvalue weighted by Gasteiger charge is 2.12. The maximum Gasteiger partial charge on any atom is 0.251 e. The molecule has 2 rings (SSSR count). The molecule has 20 heavy (non-hydrogen) atoms. The van der Waals surface area contributed by atoms with E-state index < -0.39 is 0 Å². The molecule has 1 atom stereocenters. The predicted octanol–water partition coefficient (Wildman–Crippen LogP) is 4.09. The molecule has 2 N–H and O–H groups in total. The maximum absolute atomic E-state index is 12.3. The Kier molecular flexibility index (Phi) is 4.48. The fourth-order valence-corrected chi connectivity index (χ4v) is 2.49. The van der Waals surface area contributed by atoms with Gasteiger partial charge < -0.3 is 10.3 Å². The lowest BCUT2D eigenvalue weighted by atomic mass is 10.1. The standard InChI is InChI=1S/C17H24N2O/c1-5-6-7-11(2)18-17(20)14-8-9-16-15(10-14)12(3)13(4)19-16/h8-11,19H,5-7H2,1-4H3,(H,18,20). The van der Waals surface area contributed by atoms with Crippen molar-refractivity contribution in [3.05, 3.63) is 35.0 Å². The Bertz CT molecular complexity index is 613. The molecule has 0 aliphatic rings. The summed E-state index contributed by atoms with van der Waals surface area (Å²) in [6.45, 7) is 8.37. The quantitative estimate of drug-likeness (QED) is 0.846. The van der Waals surface area contributed by atoms with Crippen LogP contribution in [-0.2, 0) is 0 Å². The van der Waals surface area contributed by atoms with E-state index in [4.69, 9.17) is 0 Å². The lowest BCUT2D eigenvalue weighted by molar-refractivity contribution is 0.0938. The molecule has 0 saturated heterocycles. The number of aryl methyl sites for hydroxylation is 2. The molecule has 108 valence electrons. The van der Waals surface area contributed by atoms with Crippen molar-refractivity contribution < 1.29 is 4.79 Å². The van der Waals surface area contributed by atoms with Gasteiger partial charge in [0.2, 0.25) is 0 Å². The number of carbonyl (C=O) groups is 1. The molecule has 1 unspecified atom stereocenters. The van der Waals surface area contributed by atoms with Crippen LogP contribution in [-0.4, -0.2) is 16.9 Å². The molecule has 1 amide bonds. The van der Waals surface area contributed by atoms with Crippen LogP contribution in [0.15, 0.2) is 18.2 Å². The predicted molar refractivity (Wildman–Crippen MR) is 84.2 cm³/mol. The fourth-order valence-electron chi connectivity index (χ4n) is 2.49. The second-order valence-electron chi connectivity index (χ2n) is 5.65. The average Bonchev–Trinajstić information content (AvgIpc) is 2.71. The fraction of sp³-hybridized carbons (Fsp3) is 0.471. The normalized spacial score (nSPS) is 12.6. The molecule has 0 fully saturated rings. The zero-order valence-corrected chi connectivity index (χ0v) is 12.8. The van der Waals surface area contributed by atoms with Gasteiger partial charge in [0.15, 0.2) is 0 Å². The van der Waals surface area contributed by atoms with E-state index in [1.54, 1.807) is 0 Å². The first kappa shape index (κ1) is 14.6. The van der Waals surface area contributed by atoms with Crippen LogP contribution in [0.3, 0.4) is 0 Å². The molecular formula is C17H24N2O. The number of unbranched alkanes of at least 4 members (excludes halogenated alkanes) is 1. The minimum absolute atomic E-state index is 0.0220. The second kappa shape index (κ2) is 6.12. The molecule has 1 heterocycles. The largest absolute Gasteiger partial charge is 0.358 e. The van der Waals surface area contributed by atoms with E-state index in [1.165, 1.54) is 5.56 Å². The molecule has 3 heteroatoms. The lowest BCUT2D eigenvalue weighted by Crippen LogP contribution is -2.32. The van der Waals surface area contributed by atoms with Gasteiger partial charge in [-0.05, 0) is 51.0 Å². The van der Waals surface area contributed by atoms with Gasteiger partial charge in [-0.2, -0.15) is 0 Å². The van der Waals surface area contributed by atoms with Crippen molar-refractivity contribution in [1.82, 2.24) is 10.3 Å². The molecule has 0 spiro atoms. The molecule has 0 saturated carbocycles. The van der Waals surface area contributed by atoms with Crippen molar-refractivity contribution in [3.63, 3.8) is 0 Å². The van der Waals surface area contributed by atoms with Gasteiger partial charge in [-0.25, -0.2) is 0 Å². The van der Waals surface area contributed by atoms with Crippen molar-refractivity contribution in [3.8, 4) is 0 Å². The van der Waals surface area contributed by atoms with E-state index in [2.05, 4.69) is 38.0 Å². The summed E-state index contributed by atoms with van der Waals surface area (Å²) >= 11 is 0. The van der Waals surface area contributed by atoms with Crippen molar-refractivity contribution in [2.24, 2.45) is 0 Å². The van der Waals surface area contributed by atoms with Crippen LogP contribution in [0.4, 0.5) is 0 Å². The summed E-state index contributed by atoms with van der Waals surface area (Å²) in [6.07, 6.45) is 3.34. The van der Waals surface area contributed by atoms with Crippen LogP contribution in [0.1, 0.15) is 54.7 Å². The zero-order chi connectivity index (χ0) is 14.7. The third-order valence-electron chi connectivity index (χ3n) is 3.94. The van der Waals surface area contributed by atoms with Crippen LogP contribution in [0, 0.1) is 13.8 Å². The molecule has 1 aromatic carbocycles. The first-order valence-corrected chi connectivity index (χ1v) is 7.42.